The number of carbonyl (C=O) groups is 1. The maximum atomic E-state index is 11.2. The van der Waals surface area contributed by atoms with Gasteiger partial charge < -0.3 is 10.0 Å². The van der Waals surface area contributed by atoms with E-state index in [0.29, 0.717) is 10.7 Å². The number of hydrogen-bond donors (Lipinski definition) is 1. The van der Waals surface area contributed by atoms with Crippen LogP contribution < -0.4 is 4.90 Å². The molecule has 2 aromatic carbocycles. The predicted octanol–water partition coefficient (Wildman–Crippen LogP) is 3.81. The van der Waals surface area contributed by atoms with E-state index in [9.17, 15) is 9.90 Å². The van der Waals surface area contributed by atoms with Gasteiger partial charge in [0.1, 0.15) is 0 Å². The first-order valence-electron chi connectivity index (χ1n) is 5.41. The molecule has 0 amide bonds. The van der Waals surface area contributed by atoms with Crippen LogP contribution in [0, 0.1) is 0 Å². The molecule has 0 atom stereocenters. The molecule has 0 bridgehead atoms. The molecule has 0 heterocycles. The van der Waals surface area contributed by atoms with E-state index in [1.165, 1.54) is 6.07 Å². The van der Waals surface area contributed by atoms with Gasteiger partial charge in [0.15, 0.2) is 0 Å². The number of carboxylic acid groups (broad SMARTS) is 1. The fraction of sp³-hybridized carbons (Fsp3) is 0.0714. The second kappa shape index (κ2) is 5.10. The van der Waals surface area contributed by atoms with E-state index in [4.69, 9.17) is 11.6 Å². The Labute approximate surface area is 110 Å². The summed E-state index contributed by atoms with van der Waals surface area (Å²) in [6, 6.07) is 14.3. The zero-order valence-corrected chi connectivity index (χ0v) is 10.6. The third kappa shape index (κ3) is 2.46. The lowest BCUT2D eigenvalue weighted by atomic mass is 10.1. The van der Waals surface area contributed by atoms with Gasteiger partial charge in [-0.3, -0.25) is 0 Å². The number of aromatic carboxylic acids is 1. The van der Waals surface area contributed by atoms with Crippen molar-refractivity contribution in [1.29, 1.82) is 0 Å². The third-order valence-corrected chi connectivity index (χ3v) is 2.93. The van der Waals surface area contributed by atoms with Crippen LogP contribution in [-0.4, -0.2) is 18.1 Å². The molecule has 92 valence electrons. The van der Waals surface area contributed by atoms with Crippen molar-refractivity contribution >= 4 is 28.9 Å². The fourth-order valence-corrected chi connectivity index (χ4v) is 1.92. The third-order valence-electron chi connectivity index (χ3n) is 2.70. The maximum Gasteiger partial charge on any atom is 0.337 e. The molecule has 0 aliphatic heterocycles. The quantitative estimate of drug-likeness (QED) is 0.913. The van der Waals surface area contributed by atoms with Gasteiger partial charge in [0.25, 0.3) is 0 Å². The van der Waals surface area contributed by atoms with Crippen LogP contribution in [0.15, 0.2) is 48.5 Å². The highest BCUT2D eigenvalue weighted by atomic mass is 35.5. The first-order valence-corrected chi connectivity index (χ1v) is 5.79. The minimum Gasteiger partial charge on any atom is -0.478 e. The van der Waals surface area contributed by atoms with Crippen LogP contribution in [-0.2, 0) is 0 Å². The number of carboxylic acids is 1. The molecule has 4 heteroatoms. The number of hydrogen-bond acceptors (Lipinski definition) is 2. The van der Waals surface area contributed by atoms with Crippen molar-refractivity contribution < 1.29 is 9.90 Å². The molecule has 0 spiro atoms. The Morgan fingerprint density at radius 3 is 2.44 bits per heavy atom. The molecular weight excluding hydrogens is 250 g/mol. The van der Waals surface area contributed by atoms with Crippen molar-refractivity contribution in [2.75, 3.05) is 11.9 Å². The number of halogens is 1. The standard InChI is InChI=1S/C14H12ClNO2/c1-16(11-5-3-2-4-6-11)13-9-10(15)7-8-12(13)14(17)18/h2-9H,1H3,(H,17,18). The average Bonchev–Trinajstić information content (AvgIpc) is 2.38. The summed E-state index contributed by atoms with van der Waals surface area (Å²) in [6.07, 6.45) is 0. The Morgan fingerprint density at radius 1 is 1.17 bits per heavy atom. The smallest absolute Gasteiger partial charge is 0.337 e. The van der Waals surface area contributed by atoms with Gasteiger partial charge in [0.05, 0.1) is 11.3 Å². The van der Waals surface area contributed by atoms with E-state index in [1.807, 2.05) is 37.4 Å². The number of para-hydroxylation sites is 1. The maximum absolute atomic E-state index is 11.2. The highest BCUT2D eigenvalue weighted by Gasteiger charge is 2.14. The molecule has 0 fully saturated rings. The van der Waals surface area contributed by atoms with E-state index in [-0.39, 0.29) is 5.56 Å². The largest absolute Gasteiger partial charge is 0.478 e. The van der Waals surface area contributed by atoms with Gasteiger partial charge >= 0.3 is 5.97 Å². The van der Waals surface area contributed by atoms with Crippen LogP contribution in [0.4, 0.5) is 11.4 Å². The zero-order chi connectivity index (χ0) is 13.1. The van der Waals surface area contributed by atoms with E-state index in [1.54, 1.807) is 17.0 Å². The Morgan fingerprint density at radius 2 is 1.83 bits per heavy atom. The number of rotatable bonds is 3. The molecule has 3 nitrogen and oxygen atoms in total. The molecule has 0 saturated carbocycles. The van der Waals surface area contributed by atoms with E-state index in [2.05, 4.69) is 0 Å². The van der Waals surface area contributed by atoms with Crippen LogP contribution in [0.2, 0.25) is 5.02 Å². The lowest BCUT2D eigenvalue weighted by Crippen LogP contribution is -2.13. The highest BCUT2D eigenvalue weighted by Crippen LogP contribution is 2.29. The van der Waals surface area contributed by atoms with Crippen molar-refractivity contribution in [1.82, 2.24) is 0 Å². The van der Waals surface area contributed by atoms with Crippen molar-refractivity contribution in [3.63, 3.8) is 0 Å². The first-order chi connectivity index (χ1) is 8.59. The molecule has 1 N–H and O–H groups in total. The summed E-state index contributed by atoms with van der Waals surface area (Å²) in [5, 5.41) is 9.69. The number of nitrogens with zero attached hydrogens (tertiary/aromatic N) is 1. The summed E-state index contributed by atoms with van der Waals surface area (Å²) in [7, 11) is 1.81. The van der Waals surface area contributed by atoms with Crippen molar-refractivity contribution in [3.05, 3.63) is 59.1 Å². The lowest BCUT2D eigenvalue weighted by Gasteiger charge is -2.21. The van der Waals surface area contributed by atoms with Gasteiger partial charge in [0.2, 0.25) is 0 Å². The predicted molar refractivity (Wildman–Crippen MR) is 72.9 cm³/mol. The summed E-state index contributed by atoms with van der Waals surface area (Å²) in [5.74, 6) is -0.968. The SMILES string of the molecule is CN(c1ccccc1)c1cc(Cl)ccc1C(=O)O. The zero-order valence-electron chi connectivity index (χ0n) is 9.80. The van der Waals surface area contributed by atoms with E-state index < -0.39 is 5.97 Å². The molecule has 0 aliphatic rings. The van der Waals surface area contributed by atoms with Gasteiger partial charge in [-0.15, -0.1) is 0 Å². The summed E-state index contributed by atoms with van der Waals surface area (Å²) in [5.41, 5.74) is 1.70. The molecule has 0 unspecified atom stereocenters. The first kappa shape index (κ1) is 12.5. The average molecular weight is 262 g/mol. The van der Waals surface area contributed by atoms with Gasteiger partial charge in [-0.05, 0) is 30.3 Å². The lowest BCUT2D eigenvalue weighted by molar-refractivity contribution is 0.0697. The van der Waals surface area contributed by atoms with Crippen LogP contribution in [0.3, 0.4) is 0 Å². The molecule has 2 aromatic rings. The molecule has 0 aromatic heterocycles. The normalized spacial score (nSPS) is 10.1. The van der Waals surface area contributed by atoms with Gasteiger partial charge in [0, 0.05) is 17.8 Å². The summed E-state index contributed by atoms with van der Waals surface area (Å²) in [4.78, 5) is 13.0. The molecule has 0 aliphatic carbocycles. The Kier molecular flexibility index (Phi) is 3.53. The molecule has 2 rings (SSSR count). The second-order valence-electron chi connectivity index (χ2n) is 3.86. The Bertz CT molecular complexity index is 569. The van der Waals surface area contributed by atoms with Crippen LogP contribution in [0.5, 0.6) is 0 Å². The Balaban J connectivity index is 2.50. The molecular formula is C14H12ClNO2. The summed E-state index contributed by atoms with van der Waals surface area (Å²) in [6.45, 7) is 0. The van der Waals surface area contributed by atoms with Crippen molar-refractivity contribution in [3.8, 4) is 0 Å². The summed E-state index contributed by atoms with van der Waals surface area (Å²) >= 11 is 5.93. The van der Waals surface area contributed by atoms with Crippen molar-refractivity contribution in [2.24, 2.45) is 0 Å². The molecule has 0 radical (unpaired) electrons. The second-order valence-corrected chi connectivity index (χ2v) is 4.30. The minimum absolute atomic E-state index is 0.228. The fourth-order valence-electron chi connectivity index (χ4n) is 1.75. The van der Waals surface area contributed by atoms with Gasteiger partial charge in [-0.2, -0.15) is 0 Å². The van der Waals surface area contributed by atoms with Crippen molar-refractivity contribution in [2.45, 2.75) is 0 Å². The van der Waals surface area contributed by atoms with Gasteiger partial charge in [-0.1, -0.05) is 29.8 Å². The van der Waals surface area contributed by atoms with Gasteiger partial charge in [-0.25, -0.2) is 4.79 Å². The van der Waals surface area contributed by atoms with Crippen LogP contribution >= 0.6 is 11.6 Å². The minimum atomic E-state index is -0.968. The Hall–Kier alpha value is -2.00. The summed E-state index contributed by atoms with van der Waals surface area (Å²) < 4.78 is 0. The topological polar surface area (TPSA) is 40.5 Å². The highest BCUT2D eigenvalue weighted by molar-refractivity contribution is 6.31. The molecule has 0 saturated heterocycles. The number of anilines is 2. The van der Waals surface area contributed by atoms with Crippen LogP contribution in [0.1, 0.15) is 10.4 Å². The monoisotopic (exact) mass is 261 g/mol. The number of benzene rings is 2. The van der Waals surface area contributed by atoms with E-state index >= 15 is 0 Å². The molecule has 18 heavy (non-hydrogen) atoms. The van der Waals surface area contributed by atoms with Crippen LogP contribution in [0.25, 0.3) is 0 Å². The van der Waals surface area contributed by atoms with E-state index in [0.717, 1.165) is 5.69 Å².